The summed E-state index contributed by atoms with van der Waals surface area (Å²) in [6.45, 7) is 6.85. The zero-order valence-electron chi connectivity index (χ0n) is 29.6. The molecule has 9 nitrogen and oxygen atoms in total. The number of nitriles is 1. The van der Waals surface area contributed by atoms with Crippen LogP contribution in [0.25, 0.3) is 0 Å². The molecule has 2 aromatic carbocycles. The van der Waals surface area contributed by atoms with Gasteiger partial charge in [-0.1, -0.05) is 25.5 Å². The fourth-order valence-electron chi connectivity index (χ4n) is 9.18. The molecule has 0 spiro atoms. The van der Waals surface area contributed by atoms with Crippen LogP contribution in [0.1, 0.15) is 62.1 Å². The summed E-state index contributed by atoms with van der Waals surface area (Å²) in [7, 11) is 6.48. The number of nitrogens with zero attached hydrogens (tertiary/aromatic N) is 4. The summed E-state index contributed by atoms with van der Waals surface area (Å²) in [5.74, 6) is -0.677. The number of alkyl carbamates (subject to hydrolysis) is 1. The predicted octanol–water partition coefficient (Wildman–Crippen LogP) is 5.71. The number of benzene rings is 2. The number of carbonyl (C=O) groups excluding carboxylic acids is 2. The van der Waals surface area contributed by atoms with E-state index in [2.05, 4.69) is 28.1 Å². The minimum Gasteiger partial charge on any atom is -0.469 e. The van der Waals surface area contributed by atoms with Gasteiger partial charge in [0.2, 0.25) is 0 Å². The Labute approximate surface area is 289 Å². The second-order valence-electron chi connectivity index (χ2n) is 15.0. The van der Waals surface area contributed by atoms with Crippen LogP contribution in [0.15, 0.2) is 36.4 Å². The zero-order valence-corrected chi connectivity index (χ0v) is 29.6. The van der Waals surface area contributed by atoms with Crippen LogP contribution in [0.4, 0.5) is 19.3 Å². The number of likely N-dealkylation sites (tertiary alicyclic amines) is 1. The molecule has 11 heteroatoms. The summed E-state index contributed by atoms with van der Waals surface area (Å²) in [5.41, 5.74) is 1.56. The first kappa shape index (κ1) is 36.5. The van der Waals surface area contributed by atoms with Crippen molar-refractivity contribution in [3.63, 3.8) is 0 Å². The highest BCUT2D eigenvalue weighted by atomic mass is 19.1. The number of halogens is 2. The Balaban J connectivity index is 1.34. The van der Waals surface area contributed by atoms with Crippen molar-refractivity contribution in [1.29, 1.82) is 5.26 Å². The lowest BCUT2D eigenvalue weighted by Crippen LogP contribution is -2.61. The molecular formula is C38H51F2N5O4. The van der Waals surface area contributed by atoms with Crippen LogP contribution >= 0.6 is 0 Å². The Morgan fingerprint density at radius 1 is 1.08 bits per heavy atom. The number of ether oxygens (including phenoxy) is 2. The van der Waals surface area contributed by atoms with Crippen LogP contribution in [-0.4, -0.2) is 89.4 Å². The maximum atomic E-state index is 15.6. The first-order chi connectivity index (χ1) is 23.4. The molecule has 5 rings (SSSR count). The smallest absolute Gasteiger partial charge is 0.406 e. The number of esters is 1. The lowest BCUT2D eigenvalue weighted by atomic mass is 9.57. The van der Waals surface area contributed by atoms with Gasteiger partial charge in [-0.2, -0.15) is 5.26 Å². The fraction of sp³-hybridized carbons (Fsp3) is 0.605. The van der Waals surface area contributed by atoms with Crippen molar-refractivity contribution in [1.82, 2.24) is 15.1 Å². The second-order valence-corrected chi connectivity index (χ2v) is 15.0. The van der Waals surface area contributed by atoms with Crippen molar-refractivity contribution >= 4 is 17.7 Å². The van der Waals surface area contributed by atoms with Gasteiger partial charge in [-0.25, -0.2) is 13.6 Å². The van der Waals surface area contributed by atoms with Crippen molar-refractivity contribution in [3.05, 3.63) is 64.7 Å². The molecule has 0 bridgehead atoms. The number of nitrogens with one attached hydrogen (secondary N) is 1. The van der Waals surface area contributed by atoms with E-state index in [0.29, 0.717) is 42.9 Å². The lowest BCUT2D eigenvalue weighted by molar-refractivity contribution is -0.142. The van der Waals surface area contributed by atoms with Gasteiger partial charge in [0.15, 0.2) is 5.82 Å². The molecule has 1 amide bonds. The molecule has 3 fully saturated rings. The third-order valence-electron chi connectivity index (χ3n) is 11.3. The molecule has 2 heterocycles. The molecule has 1 aliphatic carbocycles. The van der Waals surface area contributed by atoms with Gasteiger partial charge in [0.1, 0.15) is 5.82 Å². The monoisotopic (exact) mass is 679 g/mol. The molecule has 2 aliphatic heterocycles. The van der Waals surface area contributed by atoms with Gasteiger partial charge in [-0.3, -0.25) is 4.79 Å². The summed E-state index contributed by atoms with van der Waals surface area (Å²) in [6.07, 6.45) is 4.15. The minimum atomic E-state index is -0.605. The maximum Gasteiger partial charge on any atom is 0.406 e. The zero-order chi connectivity index (χ0) is 35.3. The molecule has 1 saturated carbocycles. The van der Waals surface area contributed by atoms with E-state index in [4.69, 9.17) is 9.47 Å². The van der Waals surface area contributed by atoms with Gasteiger partial charge in [-0.15, -0.1) is 0 Å². The van der Waals surface area contributed by atoms with E-state index in [1.54, 1.807) is 24.3 Å². The standard InChI is InChI=1S/C38H51F2N5O4/c1-37(24-45(25-37)33-13-12-27(20-41)31(35(33)40)21-43(2)3)23-44-16-14-28(15-17-44)38(22-42-36(47)49-5,29-9-7-10-30(39)19-29)32-11-6-8-26(32)18-34(46)48-4/h7,9-10,12-13,19,26,28,32H,6,8,11,14-18,21-25H2,1-5H3,(H,42,47)/t26-,32+,38+/m1/s1. The topological polar surface area (TPSA) is 98.1 Å². The third-order valence-corrected chi connectivity index (χ3v) is 11.3. The van der Waals surface area contributed by atoms with Gasteiger partial charge in [0.25, 0.3) is 0 Å². The first-order valence-electron chi connectivity index (χ1n) is 17.4. The van der Waals surface area contributed by atoms with Crippen LogP contribution in [-0.2, 0) is 26.2 Å². The van der Waals surface area contributed by atoms with Gasteiger partial charge in [-0.05, 0) is 100 Å². The highest BCUT2D eigenvalue weighted by Crippen LogP contribution is 2.53. The molecule has 2 saturated heterocycles. The molecule has 266 valence electrons. The van der Waals surface area contributed by atoms with E-state index in [-0.39, 0.29) is 47.3 Å². The number of methoxy groups -OCH3 is 2. The Hall–Kier alpha value is -3.75. The van der Waals surface area contributed by atoms with Crippen LogP contribution in [0.5, 0.6) is 0 Å². The predicted molar refractivity (Wildman–Crippen MR) is 184 cm³/mol. The number of carbonyl (C=O) groups is 2. The molecule has 0 unspecified atom stereocenters. The second kappa shape index (κ2) is 15.4. The molecule has 49 heavy (non-hydrogen) atoms. The highest BCUT2D eigenvalue weighted by molar-refractivity contribution is 5.69. The summed E-state index contributed by atoms with van der Waals surface area (Å²) in [4.78, 5) is 31.5. The Morgan fingerprint density at radius 3 is 2.45 bits per heavy atom. The third kappa shape index (κ3) is 7.86. The largest absolute Gasteiger partial charge is 0.469 e. The Morgan fingerprint density at radius 2 is 1.82 bits per heavy atom. The first-order valence-corrected chi connectivity index (χ1v) is 17.4. The molecule has 2 aromatic rings. The summed E-state index contributed by atoms with van der Waals surface area (Å²) in [5, 5.41) is 12.5. The van der Waals surface area contributed by atoms with Crippen LogP contribution in [0.3, 0.4) is 0 Å². The van der Waals surface area contributed by atoms with Crippen LogP contribution < -0.4 is 10.2 Å². The van der Waals surface area contributed by atoms with Crippen molar-refractivity contribution in [2.24, 2.45) is 23.2 Å². The molecule has 0 aromatic heterocycles. The van der Waals surface area contributed by atoms with E-state index >= 15 is 4.39 Å². The van der Waals surface area contributed by atoms with Gasteiger partial charge >= 0.3 is 12.1 Å². The van der Waals surface area contributed by atoms with Gasteiger partial charge in [0.05, 0.1) is 31.5 Å². The molecule has 3 atom stereocenters. The maximum absolute atomic E-state index is 15.6. The Kier molecular flexibility index (Phi) is 11.5. The van der Waals surface area contributed by atoms with E-state index in [9.17, 15) is 19.2 Å². The van der Waals surface area contributed by atoms with Crippen molar-refractivity contribution < 1.29 is 27.8 Å². The molecule has 0 radical (unpaired) electrons. The van der Waals surface area contributed by atoms with Gasteiger partial charge < -0.3 is 29.5 Å². The van der Waals surface area contributed by atoms with Crippen LogP contribution in [0, 0.1) is 46.1 Å². The van der Waals surface area contributed by atoms with E-state index < -0.39 is 11.5 Å². The van der Waals surface area contributed by atoms with Crippen LogP contribution in [0.2, 0.25) is 0 Å². The molecular weight excluding hydrogens is 628 g/mol. The molecule has 1 N–H and O–H groups in total. The quantitative estimate of drug-likeness (QED) is 0.285. The minimum absolute atomic E-state index is 0.0297. The number of amides is 1. The summed E-state index contributed by atoms with van der Waals surface area (Å²) >= 11 is 0. The van der Waals surface area contributed by atoms with Crippen molar-refractivity contribution in [2.75, 3.05) is 72.5 Å². The fourth-order valence-corrected chi connectivity index (χ4v) is 9.18. The number of rotatable bonds is 12. The number of piperidine rings is 1. The van der Waals surface area contributed by atoms with Crippen molar-refractivity contribution in [3.8, 4) is 6.07 Å². The lowest BCUT2D eigenvalue weighted by Gasteiger charge is -2.54. The average Bonchev–Trinajstić information content (AvgIpc) is 3.53. The normalized spacial score (nSPS) is 22.2. The SMILES string of the molecule is COC(=O)C[C@H]1CCC[C@@H]1[C@](CNC(=O)OC)(c1cccc(F)c1)C1CCN(CC2(C)CN(c3ccc(C#N)c(CN(C)C)c3F)C2)CC1. The summed E-state index contributed by atoms with van der Waals surface area (Å²) in [6, 6.07) is 12.3. The average molecular weight is 680 g/mol. The number of anilines is 1. The van der Waals surface area contributed by atoms with Gasteiger partial charge in [0, 0.05) is 55.5 Å². The van der Waals surface area contributed by atoms with E-state index in [1.165, 1.54) is 20.3 Å². The van der Waals surface area contributed by atoms with Crippen molar-refractivity contribution in [2.45, 2.75) is 57.4 Å². The highest BCUT2D eigenvalue weighted by Gasteiger charge is 2.52. The van der Waals surface area contributed by atoms with E-state index in [1.807, 2.05) is 25.1 Å². The number of hydrogen-bond acceptors (Lipinski definition) is 8. The Bertz CT molecular complexity index is 1530. The summed E-state index contributed by atoms with van der Waals surface area (Å²) < 4.78 is 40.6. The number of hydrogen-bond donors (Lipinski definition) is 1. The van der Waals surface area contributed by atoms with E-state index in [0.717, 1.165) is 57.3 Å². The molecule has 3 aliphatic rings.